The van der Waals surface area contributed by atoms with Crippen LogP contribution in [-0.2, 0) is 0 Å². The molecule has 0 spiro atoms. The molecule has 0 aliphatic carbocycles. The van der Waals surface area contributed by atoms with Crippen molar-refractivity contribution < 1.29 is 14.2 Å². The zero-order valence-electron chi connectivity index (χ0n) is 8.96. The van der Waals surface area contributed by atoms with Gasteiger partial charge in [0.25, 0.3) is 0 Å². The first-order chi connectivity index (χ1) is 7.31. The molecule has 0 N–H and O–H groups in total. The van der Waals surface area contributed by atoms with Crippen LogP contribution in [0.3, 0.4) is 0 Å². The number of alkyl halides is 1. The minimum absolute atomic E-state index is 0.604. The van der Waals surface area contributed by atoms with Crippen LogP contribution in [0.25, 0.3) is 0 Å². The Labute approximate surface area is 94.9 Å². The van der Waals surface area contributed by atoms with E-state index in [1.807, 2.05) is 12.1 Å². The molecule has 0 saturated heterocycles. The number of methoxy groups -OCH3 is 2. The van der Waals surface area contributed by atoms with Gasteiger partial charge in [0.1, 0.15) is 5.75 Å². The fraction of sp³-hybridized carbons (Fsp3) is 0.455. The van der Waals surface area contributed by atoms with Crippen LogP contribution in [0.4, 0.5) is 0 Å². The first-order valence-electron chi connectivity index (χ1n) is 4.72. The lowest BCUT2D eigenvalue weighted by Crippen LogP contribution is -1.98. The molecule has 15 heavy (non-hydrogen) atoms. The van der Waals surface area contributed by atoms with Gasteiger partial charge in [-0.1, -0.05) is 0 Å². The first kappa shape index (κ1) is 12.0. The average molecular weight is 231 g/mol. The number of hydrogen-bond acceptors (Lipinski definition) is 3. The van der Waals surface area contributed by atoms with Gasteiger partial charge in [0.2, 0.25) is 0 Å². The number of ether oxygens (including phenoxy) is 3. The minimum Gasteiger partial charge on any atom is -0.493 e. The van der Waals surface area contributed by atoms with Gasteiger partial charge in [0.05, 0.1) is 20.8 Å². The van der Waals surface area contributed by atoms with Gasteiger partial charge in [0, 0.05) is 11.9 Å². The quantitative estimate of drug-likeness (QED) is 0.556. The van der Waals surface area contributed by atoms with Gasteiger partial charge < -0.3 is 14.2 Å². The third-order valence-corrected chi connectivity index (χ3v) is 2.17. The molecule has 84 valence electrons. The molecule has 0 unspecified atom stereocenters. The van der Waals surface area contributed by atoms with Crippen LogP contribution >= 0.6 is 11.6 Å². The van der Waals surface area contributed by atoms with Crippen LogP contribution in [0, 0.1) is 0 Å². The van der Waals surface area contributed by atoms with Gasteiger partial charge in [-0.05, 0) is 18.6 Å². The van der Waals surface area contributed by atoms with Crippen molar-refractivity contribution in [1.29, 1.82) is 0 Å². The zero-order chi connectivity index (χ0) is 11.1. The van der Waals surface area contributed by atoms with Crippen LogP contribution in [0.1, 0.15) is 6.42 Å². The van der Waals surface area contributed by atoms with E-state index in [1.165, 1.54) is 0 Å². The summed E-state index contributed by atoms with van der Waals surface area (Å²) in [6.45, 7) is 0.610. The van der Waals surface area contributed by atoms with Crippen molar-refractivity contribution in [2.24, 2.45) is 0 Å². The predicted octanol–water partition coefficient (Wildman–Crippen LogP) is 2.71. The standard InChI is InChI=1S/C11H15ClO3/c1-13-10-5-4-9(8-11(10)14-2)15-7-3-6-12/h4-5,8H,3,6-7H2,1-2H3. The van der Waals surface area contributed by atoms with Crippen molar-refractivity contribution in [2.45, 2.75) is 6.42 Å². The molecule has 0 fully saturated rings. The highest BCUT2D eigenvalue weighted by atomic mass is 35.5. The second-order valence-electron chi connectivity index (χ2n) is 2.91. The second-order valence-corrected chi connectivity index (χ2v) is 3.29. The van der Waals surface area contributed by atoms with Crippen LogP contribution in [-0.4, -0.2) is 26.7 Å². The molecule has 0 saturated carbocycles. The average Bonchev–Trinajstić information content (AvgIpc) is 2.29. The Morgan fingerprint density at radius 2 is 1.87 bits per heavy atom. The van der Waals surface area contributed by atoms with E-state index in [1.54, 1.807) is 20.3 Å². The fourth-order valence-electron chi connectivity index (χ4n) is 1.15. The summed E-state index contributed by atoms with van der Waals surface area (Å²) in [5.74, 6) is 2.73. The summed E-state index contributed by atoms with van der Waals surface area (Å²) in [4.78, 5) is 0. The molecule has 0 radical (unpaired) electrons. The van der Waals surface area contributed by atoms with Crippen molar-refractivity contribution in [3.8, 4) is 17.2 Å². The molecule has 0 aliphatic rings. The summed E-state index contributed by atoms with van der Waals surface area (Å²) in [6, 6.07) is 5.46. The Kier molecular flexibility index (Phi) is 5.12. The Morgan fingerprint density at radius 1 is 1.13 bits per heavy atom. The van der Waals surface area contributed by atoms with Gasteiger partial charge in [-0.2, -0.15) is 0 Å². The molecule has 4 heteroatoms. The van der Waals surface area contributed by atoms with Gasteiger partial charge >= 0.3 is 0 Å². The van der Waals surface area contributed by atoms with Gasteiger partial charge in [-0.25, -0.2) is 0 Å². The van der Waals surface area contributed by atoms with E-state index in [0.717, 1.165) is 12.2 Å². The molecule has 1 aromatic carbocycles. The Balaban J connectivity index is 2.66. The van der Waals surface area contributed by atoms with Crippen LogP contribution in [0.5, 0.6) is 17.2 Å². The highest BCUT2D eigenvalue weighted by Gasteiger charge is 2.04. The van der Waals surface area contributed by atoms with E-state index in [4.69, 9.17) is 25.8 Å². The van der Waals surface area contributed by atoms with Crippen molar-refractivity contribution in [3.05, 3.63) is 18.2 Å². The summed E-state index contributed by atoms with van der Waals surface area (Å²) >= 11 is 5.55. The van der Waals surface area contributed by atoms with Crippen LogP contribution in [0.15, 0.2) is 18.2 Å². The Morgan fingerprint density at radius 3 is 2.47 bits per heavy atom. The lowest BCUT2D eigenvalue weighted by molar-refractivity contribution is 0.311. The Hall–Kier alpha value is -1.09. The predicted molar refractivity (Wildman–Crippen MR) is 60.4 cm³/mol. The monoisotopic (exact) mass is 230 g/mol. The lowest BCUT2D eigenvalue weighted by atomic mass is 10.3. The maximum atomic E-state index is 5.55. The van der Waals surface area contributed by atoms with Crippen LogP contribution < -0.4 is 14.2 Å². The minimum atomic E-state index is 0.604. The smallest absolute Gasteiger partial charge is 0.164 e. The maximum Gasteiger partial charge on any atom is 0.164 e. The van der Waals surface area contributed by atoms with Gasteiger partial charge in [0.15, 0.2) is 11.5 Å². The van der Waals surface area contributed by atoms with E-state index in [2.05, 4.69) is 0 Å². The summed E-state index contributed by atoms with van der Waals surface area (Å²) in [7, 11) is 3.20. The Bertz CT molecular complexity index is 302. The number of hydrogen-bond donors (Lipinski definition) is 0. The zero-order valence-corrected chi connectivity index (χ0v) is 9.71. The van der Waals surface area contributed by atoms with Crippen molar-refractivity contribution in [3.63, 3.8) is 0 Å². The fourth-order valence-corrected chi connectivity index (χ4v) is 1.26. The van der Waals surface area contributed by atoms with Gasteiger partial charge in [-0.3, -0.25) is 0 Å². The molecule has 0 aliphatic heterocycles. The first-order valence-corrected chi connectivity index (χ1v) is 5.26. The summed E-state index contributed by atoms with van der Waals surface area (Å²) in [5, 5.41) is 0. The van der Waals surface area contributed by atoms with Gasteiger partial charge in [-0.15, -0.1) is 11.6 Å². The van der Waals surface area contributed by atoms with E-state index in [0.29, 0.717) is 24.0 Å². The van der Waals surface area contributed by atoms with E-state index in [9.17, 15) is 0 Å². The molecular formula is C11H15ClO3. The van der Waals surface area contributed by atoms with E-state index < -0.39 is 0 Å². The number of rotatable bonds is 6. The molecule has 0 aromatic heterocycles. The van der Waals surface area contributed by atoms with E-state index in [-0.39, 0.29) is 0 Å². The second kappa shape index (κ2) is 6.40. The molecule has 1 aromatic rings. The number of halogens is 1. The summed E-state index contributed by atoms with van der Waals surface area (Å²) in [6.07, 6.45) is 0.829. The molecule has 0 atom stereocenters. The largest absolute Gasteiger partial charge is 0.493 e. The summed E-state index contributed by atoms with van der Waals surface area (Å²) < 4.78 is 15.7. The molecule has 0 bridgehead atoms. The lowest BCUT2D eigenvalue weighted by Gasteiger charge is -2.10. The SMILES string of the molecule is COc1ccc(OCCCCl)cc1OC. The van der Waals surface area contributed by atoms with Crippen LogP contribution in [0.2, 0.25) is 0 Å². The molecule has 3 nitrogen and oxygen atoms in total. The molecule has 1 rings (SSSR count). The summed E-state index contributed by atoms with van der Waals surface area (Å²) in [5.41, 5.74) is 0. The van der Waals surface area contributed by atoms with Crippen molar-refractivity contribution >= 4 is 11.6 Å². The third kappa shape index (κ3) is 3.51. The molecule has 0 amide bonds. The molecule has 0 heterocycles. The van der Waals surface area contributed by atoms with Crippen molar-refractivity contribution in [1.82, 2.24) is 0 Å². The number of benzene rings is 1. The highest BCUT2D eigenvalue weighted by Crippen LogP contribution is 2.30. The third-order valence-electron chi connectivity index (χ3n) is 1.90. The van der Waals surface area contributed by atoms with E-state index >= 15 is 0 Å². The normalized spacial score (nSPS) is 9.80. The highest BCUT2D eigenvalue weighted by molar-refractivity contribution is 6.17. The topological polar surface area (TPSA) is 27.7 Å². The molecular weight excluding hydrogens is 216 g/mol. The van der Waals surface area contributed by atoms with Crippen molar-refractivity contribution in [2.75, 3.05) is 26.7 Å². The maximum absolute atomic E-state index is 5.55.